The Balaban J connectivity index is 2.27. The summed E-state index contributed by atoms with van der Waals surface area (Å²) in [6, 6.07) is 6.61. The Kier molecular flexibility index (Phi) is 6.14. The van der Waals surface area contributed by atoms with E-state index in [9.17, 15) is 9.18 Å². The van der Waals surface area contributed by atoms with E-state index in [-0.39, 0.29) is 5.82 Å². The van der Waals surface area contributed by atoms with Gasteiger partial charge in [0.2, 0.25) is 0 Å². The second-order valence-corrected chi connectivity index (χ2v) is 6.01. The van der Waals surface area contributed by atoms with Crippen molar-refractivity contribution < 1.29 is 14.3 Å². The lowest BCUT2D eigenvalue weighted by molar-refractivity contribution is -0.147. The summed E-state index contributed by atoms with van der Waals surface area (Å²) in [6.07, 6.45) is 2.51. The van der Waals surface area contributed by atoms with E-state index in [0.717, 1.165) is 24.9 Å². The molecule has 0 unspecified atom stereocenters. The van der Waals surface area contributed by atoms with Gasteiger partial charge in [0.05, 0.1) is 5.41 Å². The first-order chi connectivity index (χ1) is 9.31. The molecule has 4 heteroatoms. The van der Waals surface area contributed by atoms with Crippen molar-refractivity contribution in [1.82, 2.24) is 4.90 Å². The van der Waals surface area contributed by atoms with Gasteiger partial charge in [-0.2, -0.15) is 0 Å². The number of hydrogen-bond acceptors (Lipinski definition) is 2. The number of aliphatic carboxylic acids is 1. The number of carboxylic acids is 1. The van der Waals surface area contributed by atoms with Gasteiger partial charge in [-0.15, -0.1) is 0 Å². The fourth-order valence-corrected chi connectivity index (χ4v) is 2.08. The molecule has 0 saturated heterocycles. The predicted octanol–water partition coefficient (Wildman–Crippen LogP) is 3.54. The van der Waals surface area contributed by atoms with E-state index in [1.807, 2.05) is 13.1 Å². The van der Waals surface area contributed by atoms with Crippen LogP contribution in [-0.4, -0.2) is 29.6 Å². The molecule has 1 N–H and O–H groups in total. The summed E-state index contributed by atoms with van der Waals surface area (Å²) in [4.78, 5) is 13.1. The highest BCUT2D eigenvalue weighted by atomic mass is 19.1. The van der Waals surface area contributed by atoms with E-state index in [0.29, 0.717) is 13.0 Å². The topological polar surface area (TPSA) is 40.5 Å². The Morgan fingerprint density at radius 2 is 2.05 bits per heavy atom. The third-order valence-electron chi connectivity index (χ3n) is 3.51. The van der Waals surface area contributed by atoms with Crippen LogP contribution in [0.25, 0.3) is 0 Å². The lowest BCUT2D eigenvalue weighted by Gasteiger charge is -2.20. The number of carboxylic acid groups (broad SMARTS) is 1. The molecule has 0 spiro atoms. The number of unbranched alkanes of at least 4 members (excludes halogenated alkanes) is 1. The van der Waals surface area contributed by atoms with Crippen LogP contribution in [-0.2, 0) is 11.3 Å². The van der Waals surface area contributed by atoms with E-state index >= 15 is 0 Å². The second-order valence-electron chi connectivity index (χ2n) is 6.01. The van der Waals surface area contributed by atoms with Crippen molar-refractivity contribution in [3.8, 4) is 0 Å². The molecule has 0 aliphatic heterocycles. The number of nitrogens with zero attached hydrogens (tertiary/aromatic N) is 1. The molecule has 1 aromatic carbocycles. The normalized spacial score (nSPS) is 11.8. The quantitative estimate of drug-likeness (QED) is 0.741. The number of hydrogen-bond donors (Lipinski definition) is 1. The van der Waals surface area contributed by atoms with Gasteiger partial charge in [0.1, 0.15) is 5.82 Å². The average molecular weight is 281 g/mol. The van der Waals surface area contributed by atoms with E-state index in [4.69, 9.17) is 5.11 Å². The third kappa shape index (κ3) is 5.70. The van der Waals surface area contributed by atoms with Crippen LogP contribution in [0.4, 0.5) is 4.39 Å². The fraction of sp³-hybridized carbons (Fsp3) is 0.562. The standard InChI is InChI=1S/C16H24FNO2/c1-16(2,15(19)20)9-4-5-10-18(3)12-13-7-6-8-14(17)11-13/h6-8,11H,4-5,9-10,12H2,1-3H3,(H,19,20). The Bertz CT molecular complexity index is 446. The average Bonchev–Trinajstić information content (AvgIpc) is 2.34. The highest BCUT2D eigenvalue weighted by Crippen LogP contribution is 2.23. The molecule has 20 heavy (non-hydrogen) atoms. The molecule has 0 saturated carbocycles. The summed E-state index contributed by atoms with van der Waals surface area (Å²) in [5.41, 5.74) is 0.305. The Morgan fingerprint density at radius 3 is 2.65 bits per heavy atom. The molecule has 0 bridgehead atoms. The molecule has 1 aromatic rings. The first-order valence-electron chi connectivity index (χ1n) is 6.97. The van der Waals surface area contributed by atoms with Crippen LogP contribution in [0.5, 0.6) is 0 Å². The molecule has 0 fully saturated rings. The molecule has 0 radical (unpaired) electrons. The molecular formula is C16H24FNO2. The van der Waals surface area contributed by atoms with Gasteiger partial charge in [0.25, 0.3) is 0 Å². The van der Waals surface area contributed by atoms with Crippen LogP contribution < -0.4 is 0 Å². The Labute approximate surface area is 120 Å². The molecule has 0 aliphatic carbocycles. The molecule has 0 aliphatic rings. The van der Waals surface area contributed by atoms with Gasteiger partial charge < -0.3 is 10.0 Å². The molecule has 0 heterocycles. The van der Waals surface area contributed by atoms with E-state index in [1.54, 1.807) is 26.0 Å². The van der Waals surface area contributed by atoms with Crippen LogP contribution in [0, 0.1) is 11.2 Å². The highest BCUT2D eigenvalue weighted by Gasteiger charge is 2.25. The first kappa shape index (κ1) is 16.6. The SMILES string of the molecule is CN(CCCCC(C)(C)C(=O)O)Cc1cccc(F)c1. The monoisotopic (exact) mass is 281 g/mol. The van der Waals surface area contributed by atoms with Crippen molar-refractivity contribution in [3.05, 3.63) is 35.6 Å². The summed E-state index contributed by atoms with van der Waals surface area (Å²) >= 11 is 0. The van der Waals surface area contributed by atoms with Crippen LogP contribution in [0.3, 0.4) is 0 Å². The van der Waals surface area contributed by atoms with Crippen molar-refractivity contribution in [3.63, 3.8) is 0 Å². The van der Waals surface area contributed by atoms with Gasteiger partial charge in [-0.25, -0.2) is 4.39 Å². The summed E-state index contributed by atoms with van der Waals surface area (Å²) in [7, 11) is 1.99. The molecule has 1 rings (SSSR count). The minimum Gasteiger partial charge on any atom is -0.481 e. The van der Waals surface area contributed by atoms with Crippen molar-refractivity contribution in [2.24, 2.45) is 5.41 Å². The zero-order chi connectivity index (χ0) is 15.2. The van der Waals surface area contributed by atoms with Gasteiger partial charge in [0.15, 0.2) is 0 Å². The van der Waals surface area contributed by atoms with E-state index in [2.05, 4.69) is 4.90 Å². The van der Waals surface area contributed by atoms with Crippen molar-refractivity contribution in [1.29, 1.82) is 0 Å². The van der Waals surface area contributed by atoms with Crippen LogP contribution >= 0.6 is 0 Å². The van der Waals surface area contributed by atoms with Crippen LogP contribution in [0.15, 0.2) is 24.3 Å². The van der Waals surface area contributed by atoms with Gasteiger partial charge >= 0.3 is 5.97 Å². The minimum atomic E-state index is -0.745. The Morgan fingerprint density at radius 1 is 1.35 bits per heavy atom. The lowest BCUT2D eigenvalue weighted by Crippen LogP contribution is -2.24. The number of rotatable bonds is 8. The largest absolute Gasteiger partial charge is 0.481 e. The number of halogens is 1. The smallest absolute Gasteiger partial charge is 0.309 e. The molecule has 3 nitrogen and oxygen atoms in total. The predicted molar refractivity (Wildman–Crippen MR) is 78.0 cm³/mol. The lowest BCUT2D eigenvalue weighted by atomic mass is 9.87. The summed E-state index contributed by atoms with van der Waals surface area (Å²) in [6.45, 7) is 5.10. The van der Waals surface area contributed by atoms with E-state index in [1.165, 1.54) is 6.07 Å². The van der Waals surface area contributed by atoms with Gasteiger partial charge in [-0.1, -0.05) is 18.6 Å². The number of carbonyl (C=O) groups is 1. The maximum absolute atomic E-state index is 13.1. The first-order valence-corrected chi connectivity index (χ1v) is 6.97. The fourth-order valence-electron chi connectivity index (χ4n) is 2.08. The zero-order valence-corrected chi connectivity index (χ0v) is 12.5. The maximum atomic E-state index is 13.1. The van der Waals surface area contributed by atoms with E-state index < -0.39 is 11.4 Å². The molecular weight excluding hydrogens is 257 g/mol. The summed E-state index contributed by atoms with van der Waals surface area (Å²) in [5.74, 6) is -0.954. The zero-order valence-electron chi connectivity index (χ0n) is 12.5. The molecule has 0 atom stereocenters. The van der Waals surface area contributed by atoms with Crippen molar-refractivity contribution >= 4 is 5.97 Å². The third-order valence-corrected chi connectivity index (χ3v) is 3.51. The summed E-state index contributed by atoms with van der Waals surface area (Å²) < 4.78 is 13.1. The van der Waals surface area contributed by atoms with Gasteiger partial charge in [-0.3, -0.25) is 4.79 Å². The highest BCUT2D eigenvalue weighted by molar-refractivity contribution is 5.73. The van der Waals surface area contributed by atoms with Crippen LogP contribution in [0.1, 0.15) is 38.7 Å². The summed E-state index contributed by atoms with van der Waals surface area (Å²) in [5, 5.41) is 9.02. The van der Waals surface area contributed by atoms with Crippen molar-refractivity contribution in [2.75, 3.05) is 13.6 Å². The maximum Gasteiger partial charge on any atom is 0.309 e. The molecule has 0 aromatic heterocycles. The Hall–Kier alpha value is -1.42. The van der Waals surface area contributed by atoms with Crippen molar-refractivity contribution in [2.45, 2.75) is 39.7 Å². The van der Waals surface area contributed by atoms with Gasteiger partial charge in [0, 0.05) is 6.54 Å². The molecule has 112 valence electrons. The molecule has 0 amide bonds. The van der Waals surface area contributed by atoms with Crippen LogP contribution in [0.2, 0.25) is 0 Å². The minimum absolute atomic E-state index is 0.209. The second kappa shape index (κ2) is 7.39. The number of benzene rings is 1. The van der Waals surface area contributed by atoms with Gasteiger partial charge in [-0.05, 0) is 58.0 Å².